The predicted molar refractivity (Wildman–Crippen MR) is 48.7 cm³/mol. The van der Waals surface area contributed by atoms with E-state index < -0.39 is 0 Å². The highest BCUT2D eigenvalue weighted by molar-refractivity contribution is 4.94. The zero-order valence-electron chi connectivity index (χ0n) is 7.56. The molecule has 2 nitrogen and oxygen atoms in total. The minimum absolute atomic E-state index is 0.336. The molecular weight excluding hydrogens is 136 g/mol. The van der Waals surface area contributed by atoms with Crippen LogP contribution in [-0.4, -0.2) is 37.1 Å². The number of rotatable bonds is 3. The van der Waals surface area contributed by atoms with E-state index in [2.05, 4.69) is 23.7 Å². The summed E-state index contributed by atoms with van der Waals surface area (Å²) in [7, 11) is 2.04. The maximum absolute atomic E-state index is 3.74. The first kappa shape index (κ1) is 8.75. The Labute approximate surface area is 69.3 Å². The summed E-state index contributed by atoms with van der Waals surface area (Å²) >= 11 is 0. The quantitative estimate of drug-likeness (QED) is 0.606. The predicted octanol–water partition coefficient (Wildman–Crippen LogP) is 0.856. The summed E-state index contributed by atoms with van der Waals surface area (Å²) in [5.41, 5.74) is 0.336. The van der Waals surface area contributed by atoms with Crippen molar-refractivity contribution in [2.75, 3.05) is 26.7 Å². The largest absolute Gasteiger partial charge is 0.313 e. The first-order valence-corrected chi connectivity index (χ1v) is 4.22. The highest BCUT2D eigenvalue weighted by atomic mass is 15.2. The van der Waals surface area contributed by atoms with Gasteiger partial charge in [-0.15, -0.1) is 6.58 Å². The van der Waals surface area contributed by atoms with Gasteiger partial charge in [0.15, 0.2) is 0 Å². The lowest BCUT2D eigenvalue weighted by atomic mass is 10.0. The van der Waals surface area contributed by atoms with E-state index in [1.807, 2.05) is 13.1 Å². The molecule has 1 rings (SSSR count). The lowest BCUT2D eigenvalue weighted by molar-refractivity contribution is 0.326. The van der Waals surface area contributed by atoms with E-state index in [-0.39, 0.29) is 0 Å². The van der Waals surface area contributed by atoms with Gasteiger partial charge < -0.3 is 5.32 Å². The third-order valence-electron chi connectivity index (χ3n) is 2.54. The molecule has 0 aliphatic carbocycles. The van der Waals surface area contributed by atoms with Crippen LogP contribution in [0.15, 0.2) is 12.7 Å². The zero-order valence-corrected chi connectivity index (χ0v) is 7.56. The molecule has 2 heteroatoms. The highest BCUT2D eigenvalue weighted by Crippen LogP contribution is 2.19. The maximum Gasteiger partial charge on any atom is 0.0289 e. The molecule has 1 N–H and O–H groups in total. The Morgan fingerprint density at radius 1 is 1.73 bits per heavy atom. The minimum atomic E-state index is 0.336. The van der Waals surface area contributed by atoms with Crippen molar-refractivity contribution in [3.8, 4) is 0 Å². The van der Waals surface area contributed by atoms with E-state index in [1.54, 1.807) is 0 Å². The number of hydrogen-bond donors (Lipinski definition) is 1. The summed E-state index contributed by atoms with van der Waals surface area (Å²) in [4.78, 5) is 2.42. The van der Waals surface area contributed by atoms with E-state index in [1.165, 1.54) is 13.0 Å². The van der Waals surface area contributed by atoms with Crippen LogP contribution < -0.4 is 5.32 Å². The molecule has 0 aromatic rings. The van der Waals surface area contributed by atoms with Gasteiger partial charge in [-0.25, -0.2) is 0 Å². The van der Waals surface area contributed by atoms with E-state index in [4.69, 9.17) is 0 Å². The van der Waals surface area contributed by atoms with Crippen molar-refractivity contribution in [1.29, 1.82) is 0 Å². The van der Waals surface area contributed by atoms with Gasteiger partial charge in [-0.3, -0.25) is 4.90 Å². The molecule has 0 bridgehead atoms. The monoisotopic (exact) mass is 154 g/mol. The van der Waals surface area contributed by atoms with Gasteiger partial charge >= 0.3 is 0 Å². The number of nitrogens with zero attached hydrogens (tertiary/aromatic N) is 1. The Kier molecular flexibility index (Phi) is 2.68. The van der Waals surface area contributed by atoms with Crippen molar-refractivity contribution in [3.05, 3.63) is 12.7 Å². The van der Waals surface area contributed by atoms with E-state index in [9.17, 15) is 0 Å². The summed E-state index contributed by atoms with van der Waals surface area (Å²) < 4.78 is 0. The average Bonchev–Trinajstić information content (AvgIpc) is 2.35. The summed E-state index contributed by atoms with van der Waals surface area (Å²) in [5.74, 6) is 0. The lowest BCUT2D eigenvalue weighted by Gasteiger charge is -2.23. The zero-order chi connectivity index (χ0) is 8.32. The second-order valence-electron chi connectivity index (χ2n) is 3.58. The first-order chi connectivity index (χ1) is 5.20. The van der Waals surface area contributed by atoms with Crippen LogP contribution in [0.25, 0.3) is 0 Å². The van der Waals surface area contributed by atoms with Crippen LogP contribution in [-0.2, 0) is 0 Å². The molecular formula is C9H18N2. The Morgan fingerprint density at radius 2 is 2.45 bits per heavy atom. The van der Waals surface area contributed by atoms with Gasteiger partial charge in [0.2, 0.25) is 0 Å². The molecule has 1 heterocycles. The molecule has 1 saturated heterocycles. The van der Waals surface area contributed by atoms with Crippen molar-refractivity contribution in [2.45, 2.75) is 18.9 Å². The van der Waals surface area contributed by atoms with Gasteiger partial charge in [-0.2, -0.15) is 0 Å². The second-order valence-corrected chi connectivity index (χ2v) is 3.58. The average molecular weight is 154 g/mol. The molecule has 0 radical (unpaired) electrons. The molecule has 0 amide bonds. The molecule has 0 aromatic heterocycles. The van der Waals surface area contributed by atoms with E-state index >= 15 is 0 Å². The maximum atomic E-state index is 3.74. The first-order valence-electron chi connectivity index (χ1n) is 4.22. The van der Waals surface area contributed by atoms with Crippen molar-refractivity contribution >= 4 is 0 Å². The Hall–Kier alpha value is -0.340. The summed E-state index contributed by atoms with van der Waals surface area (Å²) in [6, 6.07) is 0. The van der Waals surface area contributed by atoms with Crippen LogP contribution in [0.2, 0.25) is 0 Å². The van der Waals surface area contributed by atoms with Crippen LogP contribution in [0.3, 0.4) is 0 Å². The Morgan fingerprint density at radius 3 is 2.91 bits per heavy atom. The van der Waals surface area contributed by atoms with Crippen molar-refractivity contribution in [1.82, 2.24) is 10.2 Å². The van der Waals surface area contributed by atoms with E-state index in [0.717, 1.165) is 13.1 Å². The van der Waals surface area contributed by atoms with Crippen LogP contribution in [0.4, 0.5) is 0 Å². The molecule has 64 valence electrons. The smallest absolute Gasteiger partial charge is 0.0289 e. The fourth-order valence-electron chi connectivity index (χ4n) is 1.60. The van der Waals surface area contributed by atoms with Gasteiger partial charge in [-0.05, 0) is 20.4 Å². The second kappa shape index (κ2) is 3.37. The number of hydrogen-bond acceptors (Lipinski definition) is 2. The SMILES string of the molecule is C=CCN1CCC(C)(NC)C1. The third-order valence-corrected chi connectivity index (χ3v) is 2.54. The van der Waals surface area contributed by atoms with Crippen LogP contribution in [0.1, 0.15) is 13.3 Å². The normalized spacial score (nSPS) is 32.5. The highest BCUT2D eigenvalue weighted by Gasteiger charge is 2.30. The van der Waals surface area contributed by atoms with Crippen molar-refractivity contribution < 1.29 is 0 Å². The Balaban J connectivity index is 2.39. The van der Waals surface area contributed by atoms with Crippen molar-refractivity contribution in [2.24, 2.45) is 0 Å². The molecule has 1 aliphatic rings. The molecule has 0 saturated carbocycles. The fraction of sp³-hybridized carbons (Fsp3) is 0.778. The molecule has 1 aliphatic heterocycles. The molecule has 0 spiro atoms. The van der Waals surface area contributed by atoms with Crippen LogP contribution >= 0.6 is 0 Å². The summed E-state index contributed by atoms with van der Waals surface area (Å²) in [6.45, 7) is 9.38. The molecule has 1 unspecified atom stereocenters. The summed E-state index contributed by atoms with van der Waals surface area (Å²) in [5, 5.41) is 3.35. The van der Waals surface area contributed by atoms with Crippen LogP contribution in [0.5, 0.6) is 0 Å². The van der Waals surface area contributed by atoms with Crippen LogP contribution in [0, 0.1) is 0 Å². The van der Waals surface area contributed by atoms with Gasteiger partial charge in [0.1, 0.15) is 0 Å². The van der Waals surface area contributed by atoms with Crippen molar-refractivity contribution in [3.63, 3.8) is 0 Å². The standard InChI is InChI=1S/C9H18N2/c1-4-6-11-7-5-9(2,8-11)10-3/h4,10H,1,5-8H2,2-3H3. The topological polar surface area (TPSA) is 15.3 Å². The van der Waals surface area contributed by atoms with Gasteiger partial charge in [0.25, 0.3) is 0 Å². The summed E-state index contributed by atoms with van der Waals surface area (Å²) in [6.07, 6.45) is 3.22. The number of nitrogens with one attached hydrogen (secondary N) is 1. The molecule has 1 fully saturated rings. The van der Waals surface area contributed by atoms with Gasteiger partial charge in [0, 0.05) is 25.2 Å². The fourth-order valence-corrected chi connectivity index (χ4v) is 1.60. The number of likely N-dealkylation sites (N-methyl/N-ethyl adjacent to an activating group) is 1. The molecule has 0 aromatic carbocycles. The van der Waals surface area contributed by atoms with E-state index in [0.29, 0.717) is 5.54 Å². The van der Waals surface area contributed by atoms with Gasteiger partial charge in [0.05, 0.1) is 0 Å². The minimum Gasteiger partial charge on any atom is -0.313 e. The molecule has 11 heavy (non-hydrogen) atoms. The van der Waals surface area contributed by atoms with Gasteiger partial charge in [-0.1, -0.05) is 6.08 Å². The Bertz CT molecular complexity index is 144. The lowest BCUT2D eigenvalue weighted by Crippen LogP contribution is -2.42. The third kappa shape index (κ3) is 2.04. The number of likely N-dealkylation sites (tertiary alicyclic amines) is 1. The molecule has 1 atom stereocenters.